The zero-order valence-electron chi connectivity index (χ0n) is 11.0. The number of benzene rings is 1. The molecule has 0 aromatic heterocycles. The van der Waals surface area contributed by atoms with Gasteiger partial charge in [0.25, 0.3) is 0 Å². The fourth-order valence-corrected chi connectivity index (χ4v) is 2.49. The lowest BCUT2D eigenvalue weighted by atomic mass is 9.93. The molecule has 1 aliphatic rings. The summed E-state index contributed by atoms with van der Waals surface area (Å²) in [5.74, 6) is 0.202. The second-order valence-electron chi connectivity index (χ2n) is 4.94. The Hall–Kier alpha value is -1.20. The van der Waals surface area contributed by atoms with Crippen LogP contribution in [-0.2, 0) is 4.74 Å². The van der Waals surface area contributed by atoms with Crippen molar-refractivity contribution in [2.45, 2.75) is 25.8 Å². The predicted octanol–water partition coefficient (Wildman–Crippen LogP) is 2.69. The van der Waals surface area contributed by atoms with Gasteiger partial charge >= 0.3 is 0 Å². The van der Waals surface area contributed by atoms with E-state index in [9.17, 15) is 4.39 Å². The zero-order valence-corrected chi connectivity index (χ0v) is 11.8. The molecule has 0 bridgehead atoms. The molecule has 1 unspecified atom stereocenters. The number of thiocarbonyl (C=S) groups is 1. The monoisotopic (exact) mass is 282 g/mol. The molecule has 19 heavy (non-hydrogen) atoms. The van der Waals surface area contributed by atoms with E-state index in [1.165, 1.54) is 6.07 Å². The van der Waals surface area contributed by atoms with Crippen LogP contribution in [0.4, 0.5) is 10.1 Å². The molecule has 1 fully saturated rings. The normalized spacial score (nSPS) is 18.0. The van der Waals surface area contributed by atoms with Gasteiger partial charge in [0.05, 0.1) is 5.69 Å². The highest BCUT2D eigenvalue weighted by molar-refractivity contribution is 7.80. The summed E-state index contributed by atoms with van der Waals surface area (Å²) in [5, 5.41) is 3.23. The summed E-state index contributed by atoms with van der Waals surface area (Å²) in [7, 11) is 0. The number of nitrogens with one attached hydrogen (secondary N) is 1. The molecule has 1 atom stereocenters. The van der Waals surface area contributed by atoms with Crippen LogP contribution in [0.2, 0.25) is 0 Å². The Morgan fingerprint density at radius 3 is 2.74 bits per heavy atom. The van der Waals surface area contributed by atoms with Gasteiger partial charge in [0.2, 0.25) is 0 Å². The van der Waals surface area contributed by atoms with Gasteiger partial charge in [-0.25, -0.2) is 4.39 Å². The van der Waals surface area contributed by atoms with Crippen molar-refractivity contribution in [3.8, 4) is 0 Å². The Morgan fingerprint density at radius 1 is 1.47 bits per heavy atom. The summed E-state index contributed by atoms with van der Waals surface area (Å²) < 4.78 is 19.3. The molecular weight excluding hydrogens is 263 g/mol. The predicted molar refractivity (Wildman–Crippen MR) is 78.9 cm³/mol. The van der Waals surface area contributed by atoms with Crippen LogP contribution >= 0.6 is 12.2 Å². The van der Waals surface area contributed by atoms with Gasteiger partial charge in [0.15, 0.2) is 0 Å². The molecule has 0 amide bonds. The van der Waals surface area contributed by atoms with Gasteiger partial charge < -0.3 is 15.8 Å². The van der Waals surface area contributed by atoms with Crippen molar-refractivity contribution in [1.82, 2.24) is 0 Å². The molecule has 1 aliphatic heterocycles. The Balaban J connectivity index is 2.03. The summed E-state index contributed by atoms with van der Waals surface area (Å²) in [5.41, 5.74) is 6.53. The third-order valence-electron chi connectivity index (χ3n) is 3.61. The number of hydrogen-bond acceptors (Lipinski definition) is 3. The number of halogens is 1. The third kappa shape index (κ3) is 3.64. The highest BCUT2D eigenvalue weighted by atomic mass is 32.1. The Kier molecular flexibility index (Phi) is 4.71. The number of hydrogen-bond donors (Lipinski definition) is 2. The van der Waals surface area contributed by atoms with E-state index in [-0.39, 0.29) is 16.8 Å². The van der Waals surface area contributed by atoms with Gasteiger partial charge in [0, 0.05) is 24.8 Å². The molecule has 2 rings (SSSR count). The lowest BCUT2D eigenvalue weighted by molar-refractivity contribution is 0.0622. The molecule has 1 aromatic carbocycles. The van der Waals surface area contributed by atoms with Crippen LogP contribution < -0.4 is 11.1 Å². The first kappa shape index (κ1) is 14.2. The lowest BCUT2D eigenvalue weighted by Gasteiger charge is -2.29. The van der Waals surface area contributed by atoms with Gasteiger partial charge in [-0.15, -0.1) is 0 Å². The average molecular weight is 282 g/mol. The van der Waals surface area contributed by atoms with Crippen LogP contribution in [0.5, 0.6) is 0 Å². The summed E-state index contributed by atoms with van der Waals surface area (Å²) >= 11 is 4.83. The number of ether oxygens (including phenoxy) is 1. The van der Waals surface area contributed by atoms with Gasteiger partial charge in [-0.3, -0.25) is 0 Å². The Bertz CT molecular complexity index is 461. The quantitative estimate of drug-likeness (QED) is 0.834. The van der Waals surface area contributed by atoms with Gasteiger partial charge in [0.1, 0.15) is 10.8 Å². The highest BCUT2D eigenvalue weighted by Crippen LogP contribution is 2.23. The highest BCUT2D eigenvalue weighted by Gasteiger charge is 2.21. The SMILES string of the molecule is CC(Nc1ccc(C(N)=S)cc1F)C1CCOCC1. The van der Waals surface area contributed by atoms with E-state index < -0.39 is 0 Å². The maximum Gasteiger partial charge on any atom is 0.146 e. The first-order chi connectivity index (χ1) is 9.08. The summed E-state index contributed by atoms with van der Waals surface area (Å²) in [6, 6.07) is 5.03. The summed E-state index contributed by atoms with van der Waals surface area (Å²) in [6.45, 7) is 3.66. The van der Waals surface area contributed by atoms with Gasteiger partial charge in [-0.05, 0) is 43.9 Å². The zero-order chi connectivity index (χ0) is 13.8. The summed E-state index contributed by atoms with van der Waals surface area (Å²) in [4.78, 5) is 0.211. The Labute approximate surface area is 118 Å². The minimum atomic E-state index is -0.316. The van der Waals surface area contributed by atoms with E-state index in [2.05, 4.69) is 12.2 Å². The molecule has 0 radical (unpaired) electrons. The summed E-state index contributed by atoms with van der Waals surface area (Å²) in [6.07, 6.45) is 2.03. The van der Waals surface area contributed by atoms with E-state index in [4.69, 9.17) is 22.7 Å². The van der Waals surface area contributed by atoms with Gasteiger partial charge in [-0.1, -0.05) is 12.2 Å². The van der Waals surface area contributed by atoms with Crippen molar-refractivity contribution in [3.63, 3.8) is 0 Å². The first-order valence-corrected chi connectivity index (χ1v) is 6.92. The maximum absolute atomic E-state index is 13.9. The van der Waals surface area contributed by atoms with E-state index in [1.54, 1.807) is 12.1 Å². The molecule has 0 aliphatic carbocycles. The molecule has 0 saturated carbocycles. The molecule has 5 heteroatoms. The number of rotatable bonds is 4. The number of anilines is 1. The van der Waals surface area contributed by atoms with E-state index in [0.29, 0.717) is 17.2 Å². The molecule has 3 N–H and O–H groups in total. The molecule has 1 aromatic rings. The molecule has 1 saturated heterocycles. The standard InChI is InChI=1S/C14H19FN2OS/c1-9(10-4-6-18-7-5-10)17-13-3-2-11(14(16)19)8-12(13)15/h2-3,8-10,17H,4-7H2,1H3,(H2,16,19). The lowest BCUT2D eigenvalue weighted by Crippen LogP contribution is -2.31. The fourth-order valence-electron chi connectivity index (χ4n) is 2.36. The van der Waals surface area contributed by atoms with Crippen LogP contribution in [0.25, 0.3) is 0 Å². The van der Waals surface area contributed by atoms with Crippen LogP contribution in [0, 0.1) is 11.7 Å². The average Bonchev–Trinajstić information content (AvgIpc) is 2.41. The van der Waals surface area contributed by atoms with E-state index in [0.717, 1.165) is 26.1 Å². The van der Waals surface area contributed by atoms with Crippen LogP contribution in [0.3, 0.4) is 0 Å². The van der Waals surface area contributed by atoms with Crippen LogP contribution in [-0.4, -0.2) is 24.2 Å². The van der Waals surface area contributed by atoms with E-state index >= 15 is 0 Å². The van der Waals surface area contributed by atoms with Gasteiger partial charge in [-0.2, -0.15) is 0 Å². The van der Waals surface area contributed by atoms with E-state index in [1.807, 2.05) is 0 Å². The van der Waals surface area contributed by atoms with Crippen molar-refractivity contribution >= 4 is 22.9 Å². The second-order valence-corrected chi connectivity index (χ2v) is 5.38. The minimum Gasteiger partial charge on any atom is -0.389 e. The van der Waals surface area contributed by atoms with Crippen molar-refractivity contribution in [2.75, 3.05) is 18.5 Å². The molecule has 104 valence electrons. The molecular formula is C14H19FN2OS. The third-order valence-corrected chi connectivity index (χ3v) is 3.85. The van der Waals surface area contributed by atoms with Crippen molar-refractivity contribution in [1.29, 1.82) is 0 Å². The van der Waals surface area contributed by atoms with Crippen LogP contribution in [0.1, 0.15) is 25.3 Å². The van der Waals surface area contributed by atoms with Crippen LogP contribution in [0.15, 0.2) is 18.2 Å². The largest absolute Gasteiger partial charge is 0.389 e. The minimum absolute atomic E-state index is 0.211. The smallest absolute Gasteiger partial charge is 0.146 e. The molecule has 0 spiro atoms. The maximum atomic E-state index is 13.9. The van der Waals surface area contributed by atoms with Crippen molar-refractivity contribution < 1.29 is 9.13 Å². The Morgan fingerprint density at radius 2 is 2.16 bits per heavy atom. The van der Waals surface area contributed by atoms with Crippen molar-refractivity contribution in [3.05, 3.63) is 29.6 Å². The topological polar surface area (TPSA) is 47.3 Å². The first-order valence-electron chi connectivity index (χ1n) is 6.51. The second kappa shape index (κ2) is 6.30. The number of nitrogens with two attached hydrogens (primary N) is 1. The fraction of sp³-hybridized carbons (Fsp3) is 0.500. The molecule has 3 nitrogen and oxygen atoms in total. The van der Waals surface area contributed by atoms with Crippen molar-refractivity contribution in [2.24, 2.45) is 11.7 Å². The molecule has 1 heterocycles.